The van der Waals surface area contributed by atoms with Crippen molar-refractivity contribution in [2.45, 2.75) is 19.8 Å². The van der Waals surface area contributed by atoms with Crippen molar-refractivity contribution < 1.29 is 0 Å². The summed E-state index contributed by atoms with van der Waals surface area (Å²) < 4.78 is 1.21. The van der Waals surface area contributed by atoms with Crippen LogP contribution in [0.3, 0.4) is 0 Å². The predicted molar refractivity (Wildman–Crippen MR) is 83.4 cm³/mol. The molecule has 0 aliphatic carbocycles. The van der Waals surface area contributed by atoms with Crippen LogP contribution in [0.15, 0.2) is 48.0 Å². The lowest BCUT2D eigenvalue weighted by molar-refractivity contribution is 0.867. The first-order chi connectivity index (χ1) is 9.22. The van der Waals surface area contributed by atoms with E-state index in [2.05, 4.69) is 66.6 Å². The molecule has 0 unspecified atom stereocenters. The molecule has 0 fully saturated rings. The maximum Gasteiger partial charge on any atom is 0.0813 e. The van der Waals surface area contributed by atoms with Crippen LogP contribution in [-0.4, -0.2) is 4.98 Å². The maximum absolute atomic E-state index is 4.29. The van der Waals surface area contributed by atoms with Crippen molar-refractivity contribution in [1.29, 1.82) is 0 Å². The smallest absolute Gasteiger partial charge is 0.0813 e. The van der Waals surface area contributed by atoms with Gasteiger partial charge >= 0.3 is 0 Å². The zero-order valence-electron chi connectivity index (χ0n) is 11.1. The molecule has 0 aliphatic heterocycles. The van der Waals surface area contributed by atoms with E-state index in [9.17, 15) is 0 Å². The largest absolute Gasteiger partial charge is 0.355 e. The van der Waals surface area contributed by atoms with Gasteiger partial charge in [-0.3, -0.25) is 0 Å². The number of nitrogens with one attached hydrogen (secondary N) is 1. The lowest BCUT2D eigenvalue weighted by atomic mass is 10.0. The Bertz CT molecular complexity index is 683. The van der Waals surface area contributed by atoms with Gasteiger partial charge in [-0.1, -0.05) is 26.0 Å². The highest BCUT2D eigenvalue weighted by Crippen LogP contribution is 2.25. The van der Waals surface area contributed by atoms with E-state index >= 15 is 0 Å². The number of benzene rings is 2. The molecule has 0 bridgehead atoms. The predicted octanol–water partition coefficient (Wildman–Crippen LogP) is 5.16. The number of nitrogens with zero attached hydrogens (tertiary/aromatic N) is 1. The minimum absolute atomic E-state index is 0.572. The number of aromatic nitrogens is 1. The number of fused-ring (bicyclic) bond motifs is 1. The lowest BCUT2D eigenvalue weighted by Gasteiger charge is -2.09. The molecule has 2 aromatic carbocycles. The second kappa shape index (κ2) is 5.02. The number of hydrogen-bond acceptors (Lipinski definition) is 3. The van der Waals surface area contributed by atoms with E-state index in [1.807, 2.05) is 5.51 Å². The second-order valence-electron chi connectivity index (χ2n) is 4.94. The van der Waals surface area contributed by atoms with Crippen LogP contribution in [0.5, 0.6) is 0 Å². The zero-order chi connectivity index (χ0) is 13.2. The zero-order valence-corrected chi connectivity index (χ0v) is 11.9. The monoisotopic (exact) mass is 268 g/mol. The lowest BCUT2D eigenvalue weighted by Crippen LogP contribution is -1.91. The molecule has 0 atom stereocenters. The third-order valence-corrected chi connectivity index (χ3v) is 3.99. The summed E-state index contributed by atoms with van der Waals surface area (Å²) in [7, 11) is 0. The minimum atomic E-state index is 0.572. The Balaban J connectivity index is 1.83. The van der Waals surface area contributed by atoms with Crippen molar-refractivity contribution in [3.8, 4) is 0 Å². The van der Waals surface area contributed by atoms with Gasteiger partial charge in [-0.05, 0) is 41.8 Å². The Hall–Kier alpha value is -1.87. The summed E-state index contributed by atoms with van der Waals surface area (Å²) in [6, 6.07) is 14.9. The quantitative estimate of drug-likeness (QED) is 0.709. The molecule has 1 heterocycles. The van der Waals surface area contributed by atoms with Crippen molar-refractivity contribution in [3.63, 3.8) is 0 Å². The Labute approximate surface area is 117 Å². The van der Waals surface area contributed by atoms with Crippen LogP contribution in [0.2, 0.25) is 0 Å². The van der Waals surface area contributed by atoms with E-state index in [0.29, 0.717) is 5.92 Å². The molecule has 1 aromatic heterocycles. The number of thiazole rings is 1. The Kier molecular flexibility index (Phi) is 3.22. The molecule has 2 nitrogen and oxygen atoms in total. The van der Waals surface area contributed by atoms with Gasteiger partial charge < -0.3 is 5.32 Å². The van der Waals surface area contributed by atoms with Crippen molar-refractivity contribution in [3.05, 3.63) is 53.5 Å². The Morgan fingerprint density at radius 2 is 1.74 bits per heavy atom. The molecular formula is C16H16N2S. The number of rotatable bonds is 3. The van der Waals surface area contributed by atoms with E-state index in [-0.39, 0.29) is 0 Å². The highest BCUT2D eigenvalue weighted by molar-refractivity contribution is 7.16. The molecule has 0 saturated carbocycles. The van der Waals surface area contributed by atoms with Gasteiger partial charge in [-0.2, -0.15) is 0 Å². The van der Waals surface area contributed by atoms with Crippen LogP contribution in [0.25, 0.3) is 10.2 Å². The van der Waals surface area contributed by atoms with Crippen molar-refractivity contribution in [2.75, 3.05) is 5.32 Å². The van der Waals surface area contributed by atoms with Gasteiger partial charge in [0.15, 0.2) is 0 Å². The first-order valence-electron chi connectivity index (χ1n) is 6.42. The van der Waals surface area contributed by atoms with Crippen LogP contribution in [0, 0.1) is 0 Å². The van der Waals surface area contributed by atoms with Gasteiger partial charge in [0.1, 0.15) is 0 Å². The Morgan fingerprint density at radius 3 is 2.47 bits per heavy atom. The highest BCUT2D eigenvalue weighted by atomic mass is 32.1. The van der Waals surface area contributed by atoms with Crippen LogP contribution in [0.1, 0.15) is 25.3 Å². The normalized spacial score (nSPS) is 11.1. The topological polar surface area (TPSA) is 24.9 Å². The van der Waals surface area contributed by atoms with Crippen LogP contribution >= 0.6 is 11.3 Å². The molecule has 3 heteroatoms. The van der Waals surface area contributed by atoms with E-state index in [1.54, 1.807) is 11.3 Å². The molecule has 0 spiro atoms. The standard InChI is InChI=1S/C16H16N2S/c1-11(2)12-3-5-13(6-4-12)18-14-7-8-15-16(9-14)19-10-17-15/h3-11,18H,1-2H3. The fourth-order valence-electron chi connectivity index (χ4n) is 2.05. The highest BCUT2D eigenvalue weighted by Gasteiger charge is 2.01. The van der Waals surface area contributed by atoms with Crippen LogP contribution < -0.4 is 5.32 Å². The van der Waals surface area contributed by atoms with E-state index in [1.165, 1.54) is 10.3 Å². The molecule has 3 rings (SSSR count). The summed E-state index contributed by atoms with van der Waals surface area (Å²) in [6.45, 7) is 4.42. The molecule has 0 saturated heterocycles. The summed E-state index contributed by atoms with van der Waals surface area (Å²) in [5, 5.41) is 3.43. The van der Waals surface area contributed by atoms with Gasteiger partial charge in [0.25, 0.3) is 0 Å². The molecule has 19 heavy (non-hydrogen) atoms. The summed E-state index contributed by atoms with van der Waals surface area (Å²) in [6.07, 6.45) is 0. The molecule has 3 aromatic rings. The second-order valence-corrected chi connectivity index (χ2v) is 5.82. The van der Waals surface area contributed by atoms with E-state index in [4.69, 9.17) is 0 Å². The first kappa shape index (κ1) is 12.2. The van der Waals surface area contributed by atoms with Gasteiger partial charge in [-0.15, -0.1) is 11.3 Å². The molecule has 1 N–H and O–H groups in total. The molecule has 0 radical (unpaired) electrons. The first-order valence-corrected chi connectivity index (χ1v) is 7.30. The fourth-order valence-corrected chi connectivity index (χ4v) is 2.77. The number of hydrogen-bond donors (Lipinski definition) is 1. The van der Waals surface area contributed by atoms with Gasteiger partial charge in [0.05, 0.1) is 15.7 Å². The van der Waals surface area contributed by atoms with Gasteiger partial charge in [0.2, 0.25) is 0 Å². The third kappa shape index (κ3) is 2.61. The molecular weight excluding hydrogens is 252 g/mol. The van der Waals surface area contributed by atoms with Crippen molar-refractivity contribution in [1.82, 2.24) is 4.98 Å². The molecule has 0 aliphatic rings. The van der Waals surface area contributed by atoms with E-state index < -0.39 is 0 Å². The Morgan fingerprint density at radius 1 is 1.00 bits per heavy atom. The summed E-state index contributed by atoms with van der Waals surface area (Å²) >= 11 is 1.67. The SMILES string of the molecule is CC(C)c1ccc(Nc2ccc3ncsc3c2)cc1. The average Bonchev–Trinajstić information content (AvgIpc) is 2.87. The maximum atomic E-state index is 4.29. The van der Waals surface area contributed by atoms with Crippen LogP contribution in [0.4, 0.5) is 11.4 Å². The summed E-state index contributed by atoms with van der Waals surface area (Å²) in [5.41, 5.74) is 6.53. The minimum Gasteiger partial charge on any atom is -0.355 e. The summed E-state index contributed by atoms with van der Waals surface area (Å²) in [4.78, 5) is 4.29. The average molecular weight is 268 g/mol. The third-order valence-electron chi connectivity index (χ3n) is 3.20. The number of anilines is 2. The molecule has 0 amide bonds. The van der Waals surface area contributed by atoms with Crippen molar-refractivity contribution in [2.24, 2.45) is 0 Å². The van der Waals surface area contributed by atoms with Gasteiger partial charge in [-0.25, -0.2) is 4.98 Å². The van der Waals surface area contributed by atoms with E-state index in [0.717, 1.165) is 16.9 Å². The van der Waals surface area contributed by atoms with Crippen LogP contribution in [-0.2, 0) is 0 Å². The van der Waals surface area contributed by atoms with Gasteiger partial charge in [0, 0.05) is 11.4 Å². The molecule has 96 valence electrons. The fraction of sp³-hybridized carbons (Fsp3) is 0.188. The summed E-state index contributed by atoms with van der Waals surface area (Å²) in [5.74, 6) is 0.572. The van der Waals surface area contributed by atoms with Crippen molar-refractivity contribution >= 4 is 32.9 Å².